The van der Waals surface area contributed by atoms with Crippen molar-refractivity contribution in [3.8, 4) is 0 Å². The minimum atomic E-state index is 0.284. The molecule has 1 unspecified atom stereocenters. The van der Waals surface area contributed by atoms with Crippen LogP contribution >= 0.6 is 0 Å². The second kappa shape index (κ2) is 6.71. The summed E-state index contributed by atoms with van der Waals surface area (Å²) in [5.74, 6) is 1.07. The molecule has 0 aromatic carbocycles. The zero-order chi connectivity index (χ0) is 12.8. The SMILES string of the molecule is CCNCc1cccc(N2CCCOC(C)C2)n1. The third-order valence-corrected chi connectivity index (χ3v) is 3.12. The molecule has 0 spiro atoms. The van der Waals surface area contributed by atoms with E-state index < -0.39 is 0 Å². The molecule has 1 N–H and O–H groups in total. The van der Waals surface area contributed by atoms with Crippen LogP contribution in [0.5, 0.6) is 0 Å². The zero-order valence-corrected chi connectivity index (χ0v) is 11.4. The molecule has 1 aliphatic rings. The molecule has 0 amide bonds. The van der Waals surface area contributed by atoms with Crippen LogP contribution in [-0.4, -0.2) is 37.3 Å². The summed E-state index contributed by atoms with van der Waals surface area (Å²) in [7, 11) is 0. The predicted molar refractivity (Wildman–Crippen MR) is 73.9 cm³/mol. The van der Waals surface area contributed by atoms with Crippen molar-refractivity contribution in [2.45, 2.75) is 32.9 Å². The Kier molecular flexibility index (Phi) is 4.96. The van der Waals surface area contributed by atoms with Crippen LogP contribution in [0.2, 0.25) is 0 Å². The molecule has 0 saturated carbocycles. The van der Waals surface area contributed by atoms with E-state index in [9.17, 15) is 0 Å². The molecule has 4 heteroatoms. The van der Waals surface area contributed by atoms with Gasteiger partial charge in [0.05, 0.1) is 11.8 Å². The summed E-state index contributed by atoms with van der Waals surface area (Å²) in [4.78, 5) is 7.04. The van der Waals surface area contributed by atoms with Crippen molar-refractivity contribution < 1.29 is 4.74 Å². The molecule has 0 bridgehead atoms. The Morgan fingerprint density at radius 2 is 2.39 bits per heavy atom. The Labute approximate surface area is 109 Å². The lowest BCUT2D eigenvalue weighted by atomic mass is 10.3. The number of aromatic nitrogens is 1. The first-order chi connectivity index (χ1) is 8.79. The van der Waals surface area contributed by atoms with E-state index in [2.05, 4.69) is 42.3 Å². The Morgan fingerprint density at radius 1 is 1.50 bits per heavy atom. The molecule has 4 nitrogen and oxygen atoms in total. The van der Waals surface area contributed by atoms with Crippen molar-refractivity contribution >= 4 is 5.82 Å². The van der Waals surface area contributed by atoms with Gasteiger partial charge in [0.1, 0.15) is 5.82 Å². The summed E-state index contributed by atoms with van der Waals surface area (Å²) >= 11 is 0. The van der Waals surface area contributed by atoms with Crippen LogP contribution in [0.15, 0.2) is 18.2 Å². The number of rotatable bonds is 4. The van der Waals surface area contributed by atoms with Crippen molar-refractivity contribution in [2.24, 2.45) is 0 Å². The van der Waals surface area contributed by atoms with E-state index in [0.717, 1.165) is 50.7 Å². The summed E-state index contributed by atoms with van der Waals surface area (Å²) in [5, 5.41) is 3.31. The van der Waals surface area contributed by atoms with Crippen LogP contribution < -0.4 is 10.2 Å². The first-order valence-corrected chi connectivity index (χ1v) is 6.83. The molecule has 18 heavy (non-hydrogen) atoms. The number of pyridine rings is 1. The average Bonchev–Trinajstić information content (AvgIpc) is 2.61. The lowest BCUT2D eigenvalue weighted by Crippen LogP contribution is -2.31. The van der Waals surface area contributed by atoms with Gasteiger partial charge in [-0.3, -0.25) is 0 Å². The average molecular weight is 249 g/mol. The lowest BCUT2D eigenvalue weighted by Gasteiger charge is -2.23. The summed E-state index contributed by atoms with van der Waals surface area (Å²) in [5.41, 5.74) is 1.10. The van der Waals surface area contributed by atoms with E-state index >= 15 is 0 Å². The number of hydrogen-bond donors (Lipinski definition) is 1. The van der Waals surface area contributed by atoms with Crippen LogP contribution in [0.25, 0.3) is 0 Å². The highest BCUT2D eigenvalue weighted by Crippen LogP contribution is 2.15. The number of hydrogen-bond acceptors (Lipinski definition) is 4. The zero-order valence-electron chi connectivity index (χ0n) is 11.4. The highest BCUT2D eigenvalue weighted by atomic mass is 16.5. The number of nitrogens with zero attached hydrogens (tertiary/aromatic N) is 2. The normalized spacial score (nSPS) is 20.8. The molecular weight excluding hydrogens is 226 g/mol. The fourth-order valence-electron chi connectivity index (χ4n) is 2.20. The van der Waals surface area contributed by atoms with Gasteiger partial charge in [-0.2, -0.15) is 0 Å². The van der Waals surface area contributed by atoms with Gasteiger partial charge in [0, 0.05) is 26.2 Å². The molecule has 2 heterocycles. The molecule has 100 valence electrons. The highest BCUT2D eigenvalue weighted by Gasteiger charge is 2.16. The number of nitrogens with one attached hydrogen (secondary N) is 1. The molecular formula is C14H23N3O. The van der Waals surface area contributed by atoms with Crippen LogP contribution in [0.1, 0.15) is 26.0 Å². The van der Waals surface area contributed by atoms with Gasteiger partial charge >= 0.3 is 0 Å². The molecule has 1 aromatic rings. The van der Waals surface area contributed by atoms with E-state index in [4.69, 9.17) is 9.72 Å². The van der Waals surface area contributed by atoms with Crippen LogP contribution in [0.4, 0.5) is 5.82 Å². The lowest BCUT2D eigenvalue weighted by molar-refractivity contribution is 0.0820. The smallest absolute Gasteiger partial charge is 0.128 e. The topological polar surface area (TPSA) is 37.4 Å². The Balaban J connectivity index is 2.06. The summed E-state index contributed by atoms with van der Waals surface area (Å²) in [6, 6.07) is 6.25. The first kappa shape index (κ1) is 13.3. The van der Waals surface area contributed by atoms with Crippen molar-refractivity contribution in [2.75, 3.05) is 31.1 Å². The standard InChI is InChI=1S/C14H23N3O/c1-3-15-10-13-6-4-7-14(16-13)17-8-5-9-18-12(2)11-17/h4,6-7,12,15H,3,5,8-11H2,1-2H3. The van der Waals surface area contributed by atoms with Gasteiger partial charge < -0.3 is 15.0 Å². The third kappa shape index (κ3) is 3.68. The van der Waals surface area contributed by atoms with E-state index in [1.165, 1.54) is 0 Å². The molecule has 0 aliphatic carbocycles. The molecule has 1 atom stereocenters. The van der Waals surface area contributed by atoms with Gasteiger partial charge in [-0.1, -0.05) is 13.0 Å². The maximum absolute atomic E-state index is 5.67. The second-order valence-corrected chi connectivity index (χ2v) is 4.75. The van der Waals surface area contributed by atoms with Crippen LogP contribution in [0, 0.1) is 0 Å². The van der Waals surface area contributed by atoms with E-state index in [-0.39, 0.29) is 6.10 Å². The molecule has 2 rings (SSSR count). The van der Waals surface area contributed by atoms with Crippen LogP contribution in [-0.2, 0) is 11.3 Å². The molecule has 1 saturated heterocycles. The fourth-order valence-corrected chi connectivity index (χ4v) is 2.20. The van der Waals surface area contributed by atoms with E-state index in [1.54, 1.807) is 0 Å². The fraction of sp³-hybridized carbons (Fsp3) is 0.643. The van der Waals surface area contributed by atoms with E-state index in [1.807, 2.05) is 0 Å². The minimum Gasteiger partial charge on any atom is -0.377 e. The van der Waals surface area contributed by atoms with Crippen molar-refractivity contribution in [1.29, 1.82) is 0 Å². The van der Waals surface area contributed by atoms with Gasteiger partial charge in [-0.15, -0.1) is 0 Å². The van der Waals surface area contributed by atoms with E-state index in [0.29, 0.717) is 0 Å². The number of ether oxygens (including phenoxy) is 1. The monoisotopic (exact) mass is 249 g/mol. The molecule has 1 aliphatic heterocycles. The quantitative estimate of drug-likeness (QED) is 0.883. The van der Waals surface area contributed by atoms with Gasteiger partial charge in [-0.25, -0.2) is 4.98 Å². The molecule has 1 fully saturated rings. The minimum absolute atomic E-state index is 0.284. The highest BCUT2D eigenvalue weighted by molar-refractivity contribution is 5.39. The Hall–Kier alpha value is -1.13. The molecule has 0 radical (unpaired) electrons. The Bertz CT molecular complexity index is 370. The van der Waals surface area contributed by atoms with Crippen molar-refractivity contribution in [3.05, 3.63) is 23.9 Å². The molecule has 1 aromatic heterocycles. The maximum Gasteiger partial charge on any atom is 0.128 e. The third-order valence-electron chi connectivity index (χ3n) is 3.12. The summed E-state index contributed by atoms with van der Waals surface area (Å²) in [6.45, 7) is 8.86. The Morgan fingerprint density at radius 3 is 3.22 bits per heavy atom. The van der Waals surface area contributed by atoms with Gasteiger partial charge in [0.15, 0.2) is 0 Å². The second-order valence-electron chi connectivity index (χ2n) is 4.75. The van der Waals surface area contributed by atoms with Crippen LogP contribution in [0.3, 0.4) is 0 Å². The van der Waals surface area contributed by atoms with Gasteiger partial charge in [0.25, 0.3) is 0 Å². The van der Waals surface area contributed by atoms with Gasteiger partial charge in [0.2, 0.25) is 0 Å². The maximum atomic E-state index is 5.67. The summed E-state index contributed by atoms with van der Waals surface area (Å²) in [6.07, 6.45) is 1.36. The summed E-state index contributed by atoms with van der Waals surface area (Å²) < 4.78 is 5.67. The predicted octanol–water partition coefficient (Wildman–Crippen LogP) is 1.81. The largest absolute Gasteiger partial charge is 0.377 e. The first-order valence-electron chi connectivity index (χ1n) is 6.83. The van der Waals surface area contributed by atoms with Gasteiger partial charge in [-0.05, 0) is 32.0 Å². The van der Waals surface area contributed by atoms with Crippen molar-refractivity contribution in [3.63, 3.8) is 0 Å². The number of anilines is 1. The van der Waals surface area contributed by atoms with Crippen molar-refractivity contribution in [1.82, 2.24) is 10.3 Å².